The van der Waals surface area contributed by atoms with Crippen LogP contribution in [0.1, 0.15) is 15.9 Å². The fraction of sp³-hybridized carbons (Fsp3) is 0.154. The van der Waals surface area contributed by atoms with Crippen LogP contribution in [-0.2, 0) is 4.79 Å². The molecule has 0 unspecified atom stereocenters. The molecule has 0 atom stereocenters. The zero-order valence-electron chi connectivity index (χ0n) is 19.4. The Hall–Kier alpha value is -4.46. The molecule has 3 aromatic carbocycles. The van der Waals surface area contributed by atoms with E-state index in [9.17, 15) is 9.59 Å². The van der Waals surface area contributed by atoms with Gasteiger partial charge >= 0.3 is 0 Å². The number of anilines is 1. The van der Waals surface area contributed by atoms with E-state index in [-0.39, 0.29) is 5.70 Å². The number of amides is 2. The third-order valence-electron chi connectivity index (χ3n) is 4.92. The Balaban J connectivity index is 1.95. The fourth-order valence-electron chi connectivity index (χ4n) is 3.14. The first-order chi connectivity index (χ1) is 16.5. The molecule has 8 nitrogen and oxygen atoms in total. The van der Waals surface area contributed by atoms with E-state index in [1.807, 2.05) is 0 Å². The minimum atomic E-state index is -0.527. The lowest BCUT2D eigenvalue weighted by molar-refractivity contribution is -0.113. The summed E-state index contributed by atoms with van der Waals surface area (Å²) in [5.74, 6) is 1.16. The Morgan fingerprint density at radius 3 is 2.06 bits per heavy atom. The number of para-hydroxylation sites is 2. The first-order valence-electron chi connectivity index (χ1n) is 10.3. The molecule has 3 rings (SSSR count). The van der Waals surface area contributed by atoms with Crippen LogP contribution in [0.4, 0.5) is 5.69 Å². The summed E-state index contributed by atoms with van der Waals surface area (Å²) in [4.78, 5) is 26.1. The van der Waals surface area contributed by atoms with Gasteiger partial charge in [-0.1, -0.05) is 18.2 Å². The normalized spacial score (nSPS) is 10.8. The highest BCUT2D eigenvalue weighted by atomic mass is 16.5. The molecule has 3 aromatic rings. The summed E-state index contributed by atoms with van der Waals surface area (Å²) < 4.78 is 21.1. The number of carbonyl (C=O) groups is 2. The first kappa shape index (κ1) is 24.2. The number of benzene rings is 3. The van der Waals surface area contributed by atoms with Crippen LogP contribution in [0.3, 0.4) is 0 Å². The summed E-state index contributed by atoms with van der Waals surface area (Å²) in [7, 11) is 6.11. The van der Waals surface area contributed by atoms with Crippen molar-refractivity contribution in [1.82, 2.24) is 5.32 Å². The molecule has 0 radical (unpaired) electrons. The zero-order valence-corrected chi connectivity index (χ0v) is 19.4. The Morgan fingerprint density at radius 2 is 1.41 bits per heavy atom. The molecule has 176 valence electrons. The van der Waals surface area contributed by atoms with Crippen molar-refractivity contribution < 1.29 is 28.5 Å². The van der Waals surface area contributed by atoms with E-state index in [0.717, 1.165) is 0 Å². The number of ether oxygens (including phenoxy) is 4. The summed E-state index contributed by atoms with van der Waals surface area (Å²) in [6.07, 6.45) is 1.55. The maximum atomic E-state index is 13.2. The monoisotopic (exact) mass is 462 g/mol. The summed E-state index contributed by atoms with van der Waals surface area (Å²) in [6, 6.07) is 18.7. The number of rotatable bonds is 9. The molecule has 2 N–H and O–H groups in total. The zero-order chi connectivity index (χ0) is 24.5. The molecule has 0 saturated heterocycles. The lowest BCUT2D eigenvalue weighted by Gasteiger charge is -2.14. The molecule has 0 aliphatic carbocycles. The van der Waals surface area contributed by atoms with Gasteiger partial charge in [0.25, 0.3) is 11.8 Å². The number of hydrogen-bond donors (Lipinski definition) is 2. The highest BCUT2D eigenvalue weighted by Crippen LogP contribution is 2.29. The van der Waals surface area contributed by atoms with Crippen LogP contribution < -0.4 is 29.6 Å². The van der Waals surface area contributed by atoms with Gasteiger partial charge in [0.15, 0.2) is 11.5 Å². The van der Waals surface area contributed by atoms with Crippen LogP contribution in [0.25, 0.3) is 6.08 Å². The van der Waals surface area contributed by atoms with Crippen LogP contribution >= 0.6 is 0 Å². The van der Waals surface area contributed by atoms with Crippen LogP contribution in [0.15, 0.2) is 72.4 Å². The molecule has 0 spiro atoms. The molecule has 0 bridgehead atoms. The molecule has 34 heavy (non-hydrogen) atoms. The molecular formula is C26H26N2O6. The quantitative estimate of drug-likeness (QED) is 0.465. The second kappa shape index (κ2) is 11.4. The Labute approximate surface area is 198 Å². The van der Waals surface area contributed by atoms with Gasteiger partial charge in [-0.2, -0.15) is 0 Å². The van der Waals surface area contributed by atoms with Crippen molar-refractivity contribution in [2.75, 3.05) is 33.8 Å². The third-order valence-corrected chi connectivity index (χ3v) is 4.92. The SMILES string of the molecule is COc1ccc(C(=O)N/C(=C\c2ccc(OC)c(OC)c2)C(=O)Nc2ccccc2OC)cc1. The minimum Gasteiger partial charge on any atom is -0.497 e. The molecule has 0 saturated carbocycles. The third kappa shape index (κ3) is 5.86. The number of methoxy groups -OCH3 is 4. The van der Waals surface area contributed by atoms with E-state index >= 15 is 0 Å². The lowest BCUT2D eigenvalue weighted by Crippen LogP contribution is -2.30. The van der Waals surface area contributed by atoms with Crippen LogP contribution in [0, 0.1) is 0 Å². The van der Waals surface area contributed by atoms with Crippen molar-refractivity contribution in [2.24, 2.45) is 0 Å². The maximum absolute atomic E-state index is 13.2. The molecule has 0 fully saturated rings. The number of nitrogens with one attached hydrogen (secondary N) is 2. The van der Waals surface area contributed by atoms with Crippen molar-refractivity contribution in [3.05, 3.63) is 83.6 Å². The predicted molar refractivity (Wildman–Crippen MR) is 130 cm³/mol. The maximum Gasteiger partial charge on any atom is 0.272 e. The van der Waals surface area contributed by atoms with Gasteiger partial charge in [-0.25, -0.2) is 0 Å². The van der Waals surface area contributed by atoms with Crippen molar-refractivity contribution >= 4 is 23.6 Å². The van der Waals surface area contributed by atoms with E-state index in [4.69, 9.17) is 18.9 Å². The molecule has 0 aliphatic rings. The van der Waals surface area contributed by atoms with Crippen LogP contribution in [0.5, 0.6) is 23.0 Å². The molecular weight excluding hydrogens is 436 g/mol. The average molecular weight is 463 g/mol. The van der Waals surface area contributed by atoms with Crippen molar-refractivity contribution in [1.29, 1.82) is 0 Å². The van der Waals surface area contributed by atoms with Gasteiger partial charge in [0.05, 0.1) is 34.1 Å². The first-order valence-corrected chi connectivity index (χ1v) is 10.3. The molecule has 0 aromatic heterocycles. The summed E-state index contributed by atoms with van der Waals surface area (Å²) in [5, 5.41) is 5.48. The summed E-state index contributed by atoms with van der Waals surface area (Å²) in [6.45, 7) is 0. The summed E-state index contributed by atoms with van der Waals surface area (Å²) >= 11 is 0. The summed E-state index contributed by atoms with van der Waals surface area (Å²) in [5.41, 5.74) is 1.48. The van der Waals surface area contributed by atoms with Crippen LogP contribution in [0.2, 0.25) is 0 Å². The average Bonchev–Trinajstić information content (AvgIpc) is 2.88. The molecule has 8 heteroatoms. The van der Waals surface area contributed by atoms with E-state index in [1.165, 1.54) is 21.3 Å². The standard InChI is InChI=1S/C26H26N2O6/c1-31-19-12-10-18(11-13-19)25(29)28-21(15-17-9-14-23(33-3)24(16-17)34-4)26(30)27-20-7-5-6-8-22(20)32-2/h5-16H,1-4H3,(H,27,30)(H,28,29)/b21-15-. The van der Waals surface area contributed by atoms with E-state index in [0.29, 0.717) is 39.8 Å². The second-order valence-electron chi connectivity index (χ2n) is 7.01. The van der Waals surface area contributed by atoms with Gasteiger partial charge in [0.2, 0.25) is 0 Å². The Morgan fingerprint density at radius 1 is 0.735 bits per heavy atom. The Kier molecular flexibility index (Phi) is 8.12. The molecule has 0 aliphatic heterocycles. The van der Waals surface area contributed by atoms with Crippen molar-refractivity contribution in [3.63, 3.8) is 0 Å². The van der Waals surface area contributed by atoms with Gasteiger partial charge in [-0.3, -0.25) is 9.59 Å². The highest BCUT2D eigenvalue weighted by Gasteiger charge is 2.17. The van der Waals surface area contributed by atoms with E-state index in [1.54, 1.807) is 79.9 Å². The molecule has 2 amide bonds. The van der Waals surface area contributed by atoms with Gasteiger partial charge in [-0.05, 0) is 60.2 Å². The number of hydrogen-bond acceptors (Lipinski definition) is 6. The van der Waals surface area contributed by atoms with Gasteiger partial charge in [0, 0.05) is 5.56 Å². The predicted octanol–water partition coefficient (Wildman–Crippen LogP) is 4.13. The largest absolute Gasteiger partial charge is 0.497 e. The number of carbonyl (C=O) groups excluding carboxylic acids is 2. The topological polar surface area (TPSA) is 95.1 Å². The lowest BCUT2D eigenvalue weighted by atomic mass is 10.1. The van der Waals surface area contributed by atoms with Gasteiger partial charge in [-0.15, -0.1) is 0 Å². The minimum absolute atomic E-state index is 0.0268. The highest BCUT2D eigenvalue weighted by molar-refractivity contribution is 6.11. The molecule has 0 heterocycles. The Bertz CT molecular complexity index is 1190. The van der Waals surface area contributed by atoms with Crippen molar-refractivity contribution in [2.45, 2.75) is 0 Å². The fourth-order valence-corrected chi connectivity index (χ4v) is 3.14. The van der Waals surface area contributed by atoms with Crippen LogP contribution in [-0.4, -0.2) is 40.3 Å². The van der Waals surface area contributed by atoms with Crippen molar-refractivity contribution in [3.8, 4) is 23.0 Å². The smallest absolute Gasteiger partial charge is 0.272 e. The van der Waals surface area contributed by atoms with Gasteiger partial charge in [0.1, 0.15) is 17.2 Å². The van der Waals surface area contributed by atoms with E-state index < -0.39 is 11.8 Å². The van der Waals surface area contributed by atoms with Gasteiger partial charge < -0.3 is 29.6 Å². The van der Waals surface area contributed by atoms with E-state index in [2.05, 4.69) is 10.6 Å². The second-order valence-corrected chi connectivity index (χ2v) is 7.01.